The fraction of sp³-hybridized carbons (Fsp3) is 0.174. The molecule has 9 heteroatoms. The minimum atomic E-state index is -0.233. The highest BCUT2D eigenvalue weighted by molar-refractivity contribution is 7.14. The molecule has 2 aromatic heterocycles. The van der Waals surface area contributed by atoms with Gasteiger partial charge >= 0.3 is 0 Å². The van der Waals surface area contributed by atoms with Gasteiger partial charge in [-0.2, -0.15) is 0 Å². The highest BCUT2D eigenvalue weighted by Crippen LogP contribution is 2.23. The SMILES string of the molecule is O=C(Nc1ccc(N2CCOCC2)cc1)c1csc(Nc2ccc(-n3ccnc3)cc2)n1. The fourth-order valence-electron chi connectivity index (χ4n) is 3.46. The highest BCUT2D eigenvalue weighted by atomic mass is 32.1. The van der Waals surface area contributed by atoms with E-state index < -0.39 is 0 Å². The molecule has 2 aromatic carbocycles. The number of morpholine rings is 1. The molecule has 0 aliphatic carbocycles. The lowest BCUT2D eigenvalue weighted by Crippen LogP contribution is -2.36. The van der Waals surface area contributed by atoms with Gasteiger partial charge in [-0.05, 0) is 48.5 Å². The van der Waals surface area contributed by atoms with E-state index in [1.165, 1.54) is 11.3 Å². The molecule has 4 aromatic rings. The van der Waals surface area contributed by atoms with Crippen LogP contribution < -0.4 is 15.5 Å². The number of rotatable bonds is 6. The Labute approximate surface area is 189 Å². The van der Waals surface area contributed by atoms with Crippen molar-refractivity contribution in [2.24, 2.45) is 0 Å². The summed E-state index contributed by atoms with van der Waals surface area (Å²) in [5.41, 5.74) is 4.17. The van der Waals surface area contributed by atoms with Crippen molar-refractivity contribution in [3.05, 3.63) is 78.3 Å². The summed E-state index contributed by atoms with van der Waals surface area (Å²) in [7, 11) is 0. The van der Waals surface area contributed by atoms with Gasteiger partial charge in [0.1, 0.15) is 5.69 Å². The van der Waals surface area contributed by atoms with Crippen LogP contribution in [0.3, 0.4) is 0 Å². The van der Waals surface area contributed by atoms with Crippen LogP contribution in [0.4, 0.5) is 22.2 Å². The molecular formula is C23H22N6O2S. The molecule has 1 aliphatic rings. The van der Waals surface area contributed by atoms with Gasteiger partial charge in [-0.3, -0.25) is 4.79 Å². The molecule has 1 amide bonds. The lowest BCUT2D eigenvalue weighted by Gasteiger charge is -2.28. The number of carbonyl (C=O) groups is 1. The van der Waals surface area contributed by atoms with Crippen molar-refractivity contribution in [3.8, 4) is 5.69 Å². The molecule has 0 spiro atoms. The molecule has 0 saturated carbocycles. The van der Waals surface area contributed by atoms with Crippen LogP contribution in [-0.2, 0) is 4.74 Å². The number of ether oxygens (including phenoxy) is 1. The molecule has 162 valence electrons. The van der Waals surface area contributed by atoms with Crippen molar-refractivity contribution >= 4 is 39.4 Å². The first-order chi connectivity index (χ1) is 15.7. The molecular weight excluding hydrogens is 424 g/mol. The predicted molar refractivity (Wildman–Crippen MR) is 126 cm³/mol. The number of carbonyl (C=O) groups excluding carboxylic acids is 1. The van der Waals surface area contributed by atoms with E-state index in [0.29, 0.717) is 10.8 Å². The Hall–Kier alpha value is -3.69. The maximum Gasteiger partial charge on any atom is 0.275 e. The molecule has 0 radical (unpaired) electrons. The average molecular weight is 447 g/mol. The predicted octanol–water partition coefficient (Wildman–Crippen LogP) is 4.16. The first kappa shape index (κ1) is 20.2. The molecule has 1 fully saturated rings. The van der Waals surface area contributed by atoms with Crippen molar-refractivity contribution in [2.45, 2.75) is 0 Å². The van der Waals surface area contributed by atoms with Crippen LogP contribution in [0, 0.1) is 0 Å². The maximum absolute atomic E-state index is 12.6. The topological polar surface area (TPSA) is 84.3 Å². The van der Waals surface area contributed by atoms with E-state index in [9.17, 15) is 4.79 Å². The van der Waals surface area contributed by atoms with Gasteiger partial charge in [-0.25, -0.2) is 9.97 Å². The van der Waals surface area contributed by atoms with E-state index in [4.69, 9.17) is 4.74 Å². The minimum Gasteiger partial charge on any atom is -0.378 e. The summed E-state index contributed by atoms with van der Waals surface area (Å²) in [5.74, 6) is -0.233. The van der Waals surface area contributed by atoms with Crippen molar-refractivity contribution in [2.75, 3.05) is 41.8 Å². The Kier molecular flexibility index (Phi) is 5.82. The molecule has 0 unspecified atom stereocenters. The van der Waals surface area contributed by atoms with E-state index in [1.807, 2.05) is 59.3 Å². The van der Waals surface area contributed by atoms with Gasteiger partial charge in [-0.15, -0.1) is 11.3 Å². The second-order valence-corrected chi connectivity index (χ2v) is 8.14. The first-order valence-corrected chi connectivity index (χ1v) is 11.2. The molecule has 0 bridgehead atoms. The van der Waals surface area contributed by atoms with Crippen LogP contribution in [0.15, 0.2) is 72.6 Å². The number of benzene rings is 2. The Bertz CT molecular complexity index is 1170. The third-order valence-electron chi connectivity index (χ3n) is 5.16. The number of nitrogens with zero attached hydrogens (tertiary/aromatic N) is 4. The smallest absolute Gasteiger partial charge is 0.275 e. The average Bonchev–Trinajstić information content (AvgIpc) is 3.54. The lowest BCUT2D eigenvalue weighted by atomic mass is 10.2. The van der Waals surface area contributed by atoms with Crippen molar-refractivity contribution in [3.63, 3.8) is 0 Å². The zero-order valence-electron chi connectivity index (χ0n) is 17.3. The first-order valence-electron chi connectivity index (χ1n) is 10.3. The number of anilines is 4. The van der Waals surface area contributed by atoms with Crippen LogP contribution in [0.1, 0.15) is 10.5 Å². The van der Waals surface area contributed by atoms with E-state index in [2.05, 4.69) is 25.5 Å². The summed E-state index contributed by atoms with van der Waals surface area (Å²) in [6.07, 6.45) is 5.39. The molecule has 8 nitrogen and oxygen atoms in total. The third-order valence-corrected chi connectivity index (χ3v) is 5.92. The lowest BCUT2D eigenvalue weighted by molar-refractivity contribution is 0.102. The fourth-order valence-corrected chi connectivity index (χ4v) is 4.17. The van der Waals surface area contributed by atoms with Crippen molar-refractivity contribution in [1.29, 1.82) is 0 Å². The van der Waals surface area contributed by atoms with Gasteiger partial charge in [0.15, 0.2) is 5.13 Å². The largest absolute Gasteiger partial charge is 0.378 e. The number of amides is 1. The molecule has 3 heterocycles. The quantitative estimate of drug-likeness (QED) is 0.463. The Morgan fingerprint density at radius 2 is 1.69 bits per heavy atom. The summed E-state index contributed by atoms with van der Waals surface area (Å²) in [4.78, 5) is 23.4. The van der Waals surface area contributed by atoms with Gasteiger partial charge < -0.3 is 24.8 Å². The number of imidazole rings is 1. The summed E-state index contributed by atoms with van der Waals surface area (Å²) in [6.45, 7) is 3.25. The molecule has 1 aliphatic heterocycles. The number of thiazole rings is 1. The summed E-state index contributed by atoms with van der Waals surface area (Å²) >= 11 is 1.39. The molecule has 0 atom stereocenters. The van der Waals surface area contributed by atoms with Crippen molar-refractivity contribution in [1.82, 2.24) is 14.5 Å². The summed E-state index contributed by atoms with van der Waals surface area (Å²) in [5, 5.41) is 8.57. The monoisotopic (exact) mass is 446 g/mol. The van der Waals surface area contributed by atoms with Gasteiger partial charge in [0.2, 0.25) is 0 Å². The van der Waals surface area contributed by atoms with Crippen LogP contribution >= 0.6 is 11.3 Å². The van der Waals surface area contributed by atoms with Crippen molar-refractivity contribution < 1.29 is 9.53 Å². The van der Waals surface area contributed by atoms with E-state index in [0.717, 1.165) is 49.1 Å². The molecule has 2 N–H and O–H groups in total. The zero-order chi connectivity index (χ0) is 21.8. The number of hydrogen-bond donors (Lipinski definition) is 2. The second kappa shape index (κ2) is 9.21. The molecule has 1 saturated heterocycles. The van der Waals surface area contributed by atoms with E-state index >= 15 is 0 Å². The Morgan fingerprint density at radius 1 is 0.969 bits per heavy atom. The van der Waals surface area contributed by atoms with Gasteiger partial charge in [0.05, 0.1) is 19.5 Å². The maximum atomic E-state index is 12.6. The van der Waals surface area contributed by atoms with Gasteiger partial charge in [-0.1, -0.05) is 0 Å². The number of aromatic nitrogens is 3. The number of nitrogens with one attached hydrogen (secondary N) is 2. The zero-order valence-corrected chi connectivity index (χ0v) is 18.1. The summed E-state index contributed by atoms with van der Waals surface area (Å²) < 4.78 is 7.33. The molecule has 32 heavy (non-hydrogen) atoms. The van der Waals surface area contributed by atoms with Crippen LogP contribution in [0.2, 0.25) is 0 Å². The van der Waals surface area contributed by atoms with Gasteiger partial charge in [0.25, 0.3) is 5.91 Å². The standard InChI is InChI=1S/C23H22N6O2S/c30-22(25-17-1-5-19(6-2-17)28-11-13-31-14-12-28)21-15-32-23(27-21)26-18-3-7-20(8-4-18)29-10-9-24-16-29/h1-10,15-16H,11-14H2,(H,25,30)(H,26,27). The summed E-state index contributed by atoms with van der Waals surface area (Å²) in [6, 6.07) is 15.8. The number of hydrogen-bond acceptors (Lipinski definition) is 7. The van der Waals surface area contributed by atoms with Crippen LogP contribution in [0.5, 0.6) is 0 Å². The molecule has 5 rings (SSSR count). The van der Waals surface area contributed by atoms with E-state index in [1.54, 1.807) is 17.9 Å². The van der Waals surface area contributed by atoms with E-state index in [-0.39, 0.29) is 5.91 Å². The normalized spacial score (nSPS) is 13.7. The Morgan fingerprint density at radius 3 is 2.41 bits per heavy atom. The Balaban J connectivity index is 1.19. The minimum absolute atomic E-state index is 0.233. The van der Waals surface area contributed by atoms with Crippen LogP contribution in [-0.4, -0.2) is 46.7 Å². The van der Waals surface area contributed by atoms with Crippen LogP contribution in [0.25, 0.3) is 5.69 Å². The van der Waals surface area contributed by atoms with Gasteiger partial charge in [0, 0.05) is 53.6 Å². The third kappa shape index (κ3) is 4.63. The second-order valence-electron chi connectivity index (χ2n) is 7.28. The highest BCUT2D eigenvalue weighted by Gasteiger charge is 2.13.